The van der Waals surface area contributed by atoms with Crippen LogP contribution in [0.5, 0.6) is 0 Å². The van der Waals surface area contributed by atoms with Crippen LogP contribution in [0.15, 0.2) is 27.4 Å². The average Bonchev–Trinajstić information content (AvgIpc) is 2.71. The van der Waals surface area contributed by atoms with Crippen molar-refractivity contribution in [3.63, 3.8) is 0 Å². The van der Waals surface area contributed by atoms with Gasteiger partial charge in [-0.1, -0.05) is 18.5 Å². The van der Waals surface area contributed by atoms with Gasteiger partial charge in [0.1, 0.15) is 0 Å². The van der Waals surface area contributed by atoms with Gasteiger partial charge in [-0.25, -0.2) is 4.79 Å². The van der Waals surface area contributed by atoms with E-state index in [9.17, 15) is 9.59 Å². The number of amides is 1. The Hall–Kier alpha value is -1.79. The molecule has 0 aliphatic carbocycles. The molecule has 0 aliphatic rings. The number of carbonyl (C=O) groups is 1. The lowest BCUT2D eigenvalue weighted by Crippen LogP contribution is -2.46. The maximum atomic E-state index is 12.1. The van der Waals surface area contributed by atoms with E-state index in [2.05, 4.69) is 5.32 Å². The summed E-state index contributed by atoms with van der Waals surface area (Å²) in [5.41, 5.74) is 0.818. The molecule has 1 aromatic carbocycles. The minimum Gasteiger partial charge on any atom is -0.408 e. The first-order valence-electron chi connectivity index (χ1n) is 7.52. The average molecular weight is 340 g/mol. The van der Waals surface area contributed by atoms with Crippen molar-refractivity contribution in [2.45, 2.75) is 39.9 Å². The number of fused-ring (bicyclic) bond motifs is 1. The topological polar surface area (TPSA) is 67.5 Å². The van der Waals surface area contributed by atoms with Gasteiger partial charge in [-0.3, -0.25) is 14.3 Å². The molecule has 0 atom stereocenters. The second-order valence-corrected chi connectivity index (χ2v) is 6.93. The third-order valence-electron chi connectivity index (χ3n) is 3.30. The van der Waals surface area contributed by atoms with Gasteiger partial charge in [-0.2, -0.15) is 0 Å². The molecule has 0 unspecified atom stereocenters. The van der Waals surface area contributed by atoms with Crippen molar-refractivity contribution in [1.82, 2.24) is 14.8 Å². The Morgan fingerprint density at radius 3 is 2.70 bits per heavy atom. The minimum absolute atomic E-state index is 0.0803. The number of benzene rings is 1. The molecule has 1 N–H and O–H groups in total. The molecule has 0 fully saturated rings. The number of rotatable bonds is 5. The van der Waals surface area contributed by atoms with Gasteiger partial charge in [-0.15, -0.1) is 0 Å². The highest BCUT2D eigenvalue weighted by Crippen LogP contribution is 2.18. The predicted octanol–water partition coefficient (Wildman–Crippen LogP) is 2.44. The summed E-state index contributed by atoms with van der Waals surface area (Å²) in [4.78, 5) is 26.0. The Morgan fingerprint density at radius 2 is 2.09 bits per heavy atom. The Balaban J connectivity index is 2.18. The van der Waals surface area contributed by atoms with E-state index in [1.54, 1.807) is 18.2 Å². The highest BCUT2D eigenvalue weighted by Gasteiger charge is 2.18. The predicted molar refractivity (Wildman–Crippen MR) is 90.6 cm³/mol. The van der Waals surface area contributed by atoms with Crippen molar-refractivity contribution in [3.05, 3.63) is 33.8 Å². The molecule has 0 aliphatic heterocycles. The van der Waals surface area contributed by atoms with Crippen LogP contribution in [0, 0.1) is 0 Å². The van der Waals surface area contributed by atoms with E-state index in [0.717, 1.165) is 0 Å². The lowest BCUT2D eigenvalue weighted by atomic mass is 10.1. The molecule has 23 heavy (non-hydrogen) atoms. The van der Waals surface area contributed by atoms with Crippen LogP contribution in [0.25, 0.3) is 11.1 Å². The molecule has 0 spiro atoms. The van der Waals surface area contributed by atoms with Gasteiger partial charge in [0.2, 0.25) is 5.91 Å². The molecule has 1 amide bonds. The molecule has 1 aromatic heterocycles. The lowest BCUT2D eigenvalue weighted by molar-refractivity contribution is -0.124. The Morgan fingerprint density at radius 1 is 1.39 bits per heavy atom. The monoisotopic (exact) mass is 339 g/mol. The zero-order valence-corrected chi connectivity index (χ0v) is 14.6. The first-order valence-corrected chi connectivity index (χ1v) is 7.89. The molecule has 2 rings (SSSR count). The lowest BCUT2D eigenvalue weighted by Gasteiger charge is -2.24. The number of aromatic nitrogens is 1. The number of hydrogen-bond acceptors (Lipinski definition) is 4. The smallest absolute Gasteiger partial charge is 0.408 e. The van der Waals surface area contributed by atoms with Crippen LogP contribution in [0.2, 0.25) is 5.02 Å². The van der Waals surface area contributed by atoms with E-state index in [1.165, 1.54) is 4.57 Å². The molecule has 7 heteroatoms. The van der Waals surface area contributed by atoms with Gasteiger partial charge in [0.05, 0.1) is 18.7 Å². The first-order chi connectivity index (χ1) is 10.7. The summed E-state index contributed by atoms with van der Waals surface area (Å²) < 4.78 is 6.71. The maximum absolute atomic E-state index is 12.1. The number of likely N-dealkylation sites (N-methyl/N-ethyl adjacent to an activating group) is 1. The normalized spacial score (nSPS) is 12.1. The Bertz CT molecular complexity index is 758. The second kappa shape index (κ2) is 6.76. The van der Waals surface area contributed by atoms with Gasteiger partial charge in [-0.05, 0) is 39.4 Å². The number of nitrogens with zero attached hydrogens (tertiary/aromatic N) is 2. The summed E-state index contributed by atoms with van der Waals surface area (Å²) in [5.74, 6) is -0.541. The van der Waals surface area contributed by atoms with E-state index in [-0.39, 0.29) is 24.7 Å². The fourth-order valence-corrected chi connectivity index (χ4v) is 2.46. The summed E-state index contributed by atoms with van der Waals surface area (Å²) in [7, 11) is 0. The fraction of sp³-hybridized carbons (Fsp3) is 0.500. The van der Waals surface area contributed by atoms with Crippen molar-refractivity contribution < 1.29 is 9.21 Å². The van der Waals surface area contributed by atoms with Gasteiger partial charge in [0.15, 0.2) is 5.58 Å². The molecule has 1 heterocycles. The SMILES string of the molecule is CCN(CC(=O)NC(C)(C)C)Cn1c(=O)oc2cc(Cl)ccc21. The van der Waals surface area contributed by atoms with Crippen LogP contribution in [-0.2, 0) is 11.5 Å². The zero-order chi connectivity index (χ0) is 17.2. The molecule has 126 valence electrons. The number of carbonyl (C=O) groups excluding carboxylic acids is 1. The third-order valence-corrected chi connectivity index (χ3v) is 3.54. The summed E-state index contributed by atoms with van der Waals surface area (Å²) in [6.07, 6.45) is 0. The first kappa shape index (κ1) is 17.6. The molecular weight excluding hydrogens is 318 g/mol. The van der Waals surface area contributed by atoms with Crippen molar-refractivity contribution in [2.75, 3.05) is 13.1 Å². The maximum Gasteiger partial charge on any atom is 0.421 e. The van der Waals surface area contributed by atoms with Crippen molar-refractivity contribution in [1.29, 1.82) is 0 Å². The molecule has 0 bridgehead atoms. The van der Waals surface area contributed by atoms with Gasteiger partial charge >= 0.3 is 5.76 Å². The summed E-state index contributed by atoms with van der Waals surface area (Å²) >= 11 is 5.91. The van der Waals surface area contributed by atoms with Crippen LogP contribution in [-0.4, -0.2) is 34.0 Å². The van der Waals surface area contributed by atoms with Crippen LogP contribution in [0.1, 0.15) is 27.7 Å². The van der Waals surface area contributed by atoms with E-state index in [1.807, 2.05) is 32.6 Å². The molecular formula is C16H22ClN3O3. The van der Waals surface area contributed by atoms with E-state index >= 15 is 0 Å². The number of nitrogens with one attached hydrogen (secondary N) is 1. The molecule has 0 radical (unpaired) electrons. The number of oxazole rings is 1. The summed E-state index contributed by atoms with van der Waals surface area (Å²) in [6, 6.07) is 5.06. The van der Waals surface area contributed by atoms with Gasteiger partial charge < -0.3 is 9.73 Å². The molecule has 6 nitrogen and oxygen atoms in total. The fourth-order valence-electron chi connectivity index (χ4n) is 2.30. The summed E-state index contributed by atoms with van der Waals surface area (Å²) in [5, 5.41) is 3.42. The summed E-state index contributed by atoms with van der Waals surface area (Å²) in [6.45, 7) is 8.85. The molecule has 0 saturated heterocycles. The highest BCUT2D eigenvalue weighted by atomic mass is 35.5. The van der Waals surface area contributed by atoms with Crippen LogP contribution in [0.3, 0.4) is 0 Å². The Kier molecular flexibility index (Phi) is 5.16. The van der Waals surface area contributed by atoms with E-state index in [4.69, 9.17) is 16.0 Å². The van der Waals surface area contributed by atoms with E-state index in [0.29, 0.717) is 22.7 Å². The van der Waals surface area contributed by atoms with Crippen molar-refractivity contribution in [2.24, 2.45) is 0 Å². The van der Waals surface area contributed by atoms with Crippen LogP contribution in [0.4, 0.5) is 0 Å². The number of hydrogen-bond donors (Lipinski definition) is 1. The van der Waals surface area contributed by atoms with E-state index < -0.39 is 5.76 Å². The largest absolute Gasteiger partial charge is 0.421 e. The zero-order valence-electron chi connectivity index (χ0n) is 13.9. The standard InChI is InChI=1S/C16H22ClN3O3/c1-5-19(9-14(21)18-16(2,3)4)10-20-12-7-6-11(17)8-13(12)23-15(20)22/h6-8H,5,9-10H2,1-4H3,(H,18,21). The molecule has 2 aromatic rings. The Labute approximate surface area is 140 Å². The van der Waals surface area contributed by atoms with Crippen molar-refractivity contribution >= 4 is 28.6 Å². The number of halogens is 1. The quantitative estimate of drug-likeness (QED) is 0.908. The van der Waals surface area contributed by atoms with Gasteiger partial charge in [0, 0.05) is 16.6 Å². The third kappa shape index (κ3) is 4.59. The van der Waals surface area contributed by atoms with Gasteiger partial charge in [0.25, 0.3) is 0 Å². The second-order valence-electron chi connectivity index (χ2n) is 6.49. The van der Waals surface area contributed by atoms with Crippen molar-refractivity contribution in [3.8, 4) is 0 Å². The molecule has 0 saturated carbocycles. The van der Waals surface area contributed by atoms with Crippen LogP contribution < -0.4 is 11.1 Å². The van der Waals surface area contributed by atoms with Crippen LogP contribution >= 0.6 is 11.6 Å². The minimum atomic E-state index is -0.461. The highest BCUT2D eigenvalue weighted by molar-refractivity contribution is 6.31.